The first-order valence-electron chi connectivity index (χ1n) is 8.65. The first kappa shape index (κ1) is 18.1. The van der Waals surface area contributed by atoms with E-state index in [1.807, 2.05) is 30.3 Å². The monoisotopic (exact) mass is 355 g/mol. The quantitative estimate of drug-likeness (QED) is 0.917. The van der Waals surface area contributed by atoms with E-state index in [-0.39, 0.29) is 17.6 Å². The molecule has 6 heteroatoms. The fourth-order valence-electron chi connectivity index (χ4n) is 3.20. The second-order valence-corrected chi connectivity index (χ2v) is 6.35. The number of rotatable bonds is 4. The van der Waals surface area contributed by atoms with Gasteiger partial charge >= 0.3 is 0 Å². The number of hydrogen-bond donors (Lipinski definition) is 1. The van der Waals surface area contributed by atoms with Gasteiger partial charge in [0.25, 0.3) is 0 Å². The maximum Gasteiger partial charge on any atom is 0.246 e. The van der Waals surface area contributed by atoms with Gasteiger partial charge in [0.05, 0.1) is 0 Å². The first-order valence-corrected chi connectivity index (χ1v) is 8.65. The van der Waals surface area contributed by atoms with Crippen molar-refractivity contribution >= 4 is 17.5 Å². The molecule has 5 nitrogen and oxygen atoms in total. The van der Waals surface area contributed by atoms with Crippen molar-refractivity contribution < 1.29 is 14.0 Å². The van der Waals surface area contributed by atoms with Gasteiger partial charge in [-0.05, 0) is 29.8 Å². The molecule has 0 radical (unpaired) electrons. The van der Waals surface area contributed by atoms with E-state index in [2.05, 4.69) is 10.2 Å². The Balaban J connectivity index is 1.79. The zero-order chi connectivity index (χ0) is 18.5. The summed E-state index contributed by atoms with van der Waals surface area (Å²) in [7, 11) is 0. The molecule has 2 amide bonds. The summed E-state index contributed by atoms with van der Waals surface area (Å²) >= 11 is 0. The molecule has 2 aromatic carbocycles. The molecule has 3 rings (SSSR count). The number of nitrogens with one attached hydrogen (secondary N) is 1. The molecule has 0 spiro atoms. The smallest absolute Gasteiger partial charge is 0.246 e. The van der Waals surface area contributed by atoms with E-state index in [4.69, 9.17) is 0 Å². The highest BCUT2D eigenvalue weighted by molar-refractivity contribution is 5.95. The van der Waals surface area contributed by atoms with Crippen LogP contribution >= 0.6 is 0 Å². The number of halogens is 1. The molecule has 26 heavy (non-hydrogen) atoms. The van der Waals surface area contributed by atoms with Gasteiger partial charge in [0.1, 0.15) is 11.9 Å². The average molecular weight is 355 g/mol. The van der Waals surface area contributed by atoms with E-state index in [9.17, 15) is 14.0 Å². The Morgan fingerprint density at radius 2 is 1.58 bits per heavy atom. The molecule has 2 aromatic rings. The molecule has 1 saturated heterocycles. The van der Waals surface area contributed by atoms with E-state index in [0.717, 1.165) is 5.56 Å². The van der Waals surface area contributed by atoms with Crippen molar-refractivity contribution in [2.24, 2.45) is 0 Å². The van der Waals surface area contributed by atoms with Gasteiger partial charge in [-0.2, -0.15) is 0 Å². The minimum Gasteiger partial charge on any atom is -0.340 e. The lowest BCUT2D eigenvalue weighted by Gasteiger charge is -2.38. The molecule has 1 fully saturated rings. The van der Waals surface area contributed by atoms with Crippen LogP contribution in [0, 0.1) is 5.82 Å². The molecule has 1 aliphatic heterocycles. The molecule has 0 saturated carbocycles. The Morgan fingerprint density at radius 1 is 0.962 bits per heavy atom. The zero-order valence-corrected chi connectivity index (χ0v) is 14.7. The lowest BCUT2D eigenvalue weighted by Crippen LogP contribution is -2.51. The van der Waals surface area contributed by atoms with Crippen molar-refractivity contribution in [3.63, 3.8) is 0 Å². The molecule has 0 aromatic heterocycles. The molecule has 1 aliphatic rings. The SMILES string of the molecule is CC(=O)N1CCN(C(C(=O)Nc2ccc(F)cc2)c2ccccc2)CC1. The van der Waals surface area contributed by atoms with Crippen LogP contribution in [-0.4, -0.2) is 47.8 Å². The summed E-state index contributed by atoms with van der Waals surface area (Å²) in [5, 5.41) is 2.87. The summed E-state index contributed by atoms with van der Waals surface area (Å²) in [6.07, 6.45) is 0. The van der Waals surface area contributed by atoms with E-state index in [1.165, 1.54) is 12.1 Å². The van der Waals surface area contributed by atoms with Gasteiger partial charge in [-0.3, -0.25) is 14.5 Å². The number of amides is 2. The maximum absolute atomic E-state index is 13.1. The van der Waals surface area contributed by atoms with Crippen molar-refractivity contribution in [3.8, 4) is 0 Å². The number of hydrogen-bond acceptors (Lipinski definition) is 3. The van der Waals surface area contributed by atoms with Crippen molar-refractivity contribution in [2.45, 2.75) is 13.0 Å². The van der Waals surface area contributed by atoms with Crippen LogP contribution in [0.1, 0.15) is 18.5 Å². The normalized spacial score (nSPS) is 16.2. The predicted molar refractivity (Wildman–Crippen MR) is 98.0 cm³/mol. The minimum absolute atomic E-state index is 0.0525. The van der Waals surface area contributed by atoms with Gasteiger partial charge in [0.15, 0.2) is 0 Å². The Kier molecular flexibility index (Phi) is 5.63. The third-order valence-electron chi connectivity index (χ3n) is 4.60. The second-order valence-electron chi connectivity index (χ2n) is 6.35. The van der Waals surface area contributed by atoms with E-state index >= 15 is 0 Å². The van der Waals surface area contributed by atoms with Crippen molar-refractivity contribution in [1.29, 1.82) is 0 Å². The predicted octanol–water partition coefficient (Wildman–Crippen LogP) is 2.67. The standard InChI is InChI=1S/C20H22FN3O2/c1-15(25)23-11-13-24(14-12-23)19(16-5-3-2-4-6-16)20(26)22-18-9-7-17(21)8-10-18/h2-10,19H,11-14H2,1H3,(H,22,26). The Bertz CT molecular complexity index is 756. The highest BCUT2D eigenvalue weighted by Crippen LogP contribution is 2.24. The lowest BCUT2D eigenvalue weighted by molar-refractivity contribution is -0.131. The average Bonchev–Trinajstić information content (AvgIpc) is 2.65. The van der Waals surface area contributed by atoms with Gasteiger partial charge < -0.3 is 10.2 Å². The van der Waals surface area contributed by atoms with Gasteiger partial charge in [0, 0.05) is 38.8 Å². The third kappa shape index (κ3) is 4.26. The van der Waals surface area contributed by atoms with Gasteiger partial charge in [-0.1, -0.05) is 30.3 Å². The largest absolute Gasteiger partial charge is 0.340 e. The van der Waals surface area contributed by atoms with Crippen LogP contribution < -0.4 is 5.32 Å². The van der Waals surface area contributed by atoms with Crippen LogP contribution in [0.15, 0.2) is 54.6 Å². The topological polar surface area (TPSA) is 52.7 Å². The number of carbonyl (C=O) groups excluding carboxylic acids is 2. The van der Waals surface area contributed by atoms with Crippen LogP contribution in [0.25, 0.3) is 0 Å². The van der Waals surface area contributed by atoms with Gasteiger partial charge in [0.2, 0.25) is 11.8 Å². The molecule has 1 atom stereocenters. The summed E-state index contributed by atoms with van der Waals surface area (Å²) in [6.45, 7) is 4.00. The third-order valence-corrected chi connectivity index (χ3v) is 4.60. The Labute approximate surface area is 152 Å². The molecule has 1 heterocycles. The molecule has 0 bridgehead atoms. The first-order chi connectivity index (χ1) is 12.5. The number of carbonyl (C=O) groups is 2. The summed E-state index contributed by atoms with van der Waals surface area (Å²) in [6, 6.07) is 14.8. The Hall–Kier alpha value is -2.73. The summed E-state index contributed by atoms with van der Waals surface area (Å²) in [5.41, 5.74) is 1.45. The number of benzene rings is 2. The molecule has 1 N–H and O–H groups in total. The van der Waals surface area contributed by atoms with E-state index in [1.54, 1.807) is 24.0 Å². The molecule has 0 aliphatic carbocycles. The van der Waals surface area contributed by atoms with Crippen molar-refractivity contribution in [3.05, 3.63) is 66.0 Å². The number of nitrogens with zero attached hydrogens (tertiary/aromatic N) is 2. The fourth-order valence-corrected chi connectivity index (χ4v) is 3.20. The molecular formula is C20H22FN3O2. The van der Waals surface area contributed by atoms with Crippen LogP contribution in [-0.2, 0) is 9.59 Å². The van der Waals surface area contributed by atoms with Crippen molar-refractivity contribution in [2.75, 3.05) is 31.5 Å². The van der Waals surface area contributed by atoms with Crippen molar-refractivity contribution in [1.82, 2.24) is 9.80 Å². The number of anilines is 1. The van der Waals surface area contributed by atoms with E-state index < -0.39 is 6.04 Å². The highest BCUT2D eigenvalue weighted by Gasteiger charge is 2.31. The summed E-state index contributed by atoms with van der Waals surface area (Å²) < 4.78 is 13.1. The lowest BCUT2D eigenvalue weighted by atomic mass is 10.0. The minimum atomic E-state index is -0.463. The number of piperazine rings is 1. The highest BCUT2D eigenvalue weighted by atomic mass is 19.1. The summed E-state index contributed by atoms with van der Waals surface area (Å²) in [4.78, 5) is 28.4. The van der Waals surface area contributed by atoms with Gasteiger partial charge in [-0.15, -0.1) is 0 Å². The molecule has 1 unspecified atom stereocenters. The van der Waals surface area contributed by atoms with Crippen LogP contribution in [0.2, 0.25) is 0 Å². The van der Waals surface area contributed by atoms with Gasteiger partial charge in [-0.25, -0.2) is 4.39 Å². The Morgan fingerprint density at radius 3 is 2.15 bits per heavy atom. The van der Waals surface area contributed by atoms with Crippen LogP contribution in [0.4, 0.5) is 10.1 Å². The molecule has 136 valence electrons. The fraction of sp³-hybridized carbons (Fsp3) is 0.300. The van der Waals surface area contributed by atoms with E-state index in [0.29, 0.717) is 31.9 Å². The second kappa shape index (κ2) is 8.10. The zero-order valence-electron chi connectivity index (χ0n) is 14.7. The molecular weight excluding hydrogens is 333 g/mol. The maximum atomic E-state index is 13.1. The van der Waals surface area contributed by atoms with Crippen LogP contribution in [0.5, 0.6) is 0 Å². The van der Waals surface area contributed by atoms with Crippen LogP contribution in [0.3, 0.4) is 0 Å². The summed E-state index contributed by atoms with van der Waals surface area (Å²) in [5.74, 6) is -0.460.